The number of piperidine rings is 1. The van der Waals surface area contributed by atoms with E-state index in [9.17, 15) is 9.90 Å². The van der Waals surface area contributed by atoms with Crippen LogP contribution in [0.4, 0.5) is 0 Å². The Bertz CT molecular complexity index is 1110. The number of tetrazole rings is 1. The molecule has 3 aromatic rings. The third-order valence-corrected chi connectivity index (χ3v) is 6.39. The number of aliphatic hydroxyl groups excluding tert-OH is 1. The molecule has 2 aromatic heterocycles. The van der Waals surface area contributed by atoms with Gasteiger partial charge in [-0.3, -0.25) is 9.69 Å². The van der Waals surface area contributed by atoms with E-state index in [0.29, 0.717) is 43.9 Å². The van der Waals surface area contributed by atoms with Crippen molar-refractivity contribution in [2.24, 2.45) is 0 Å². The Labute approximate surface area is 180 Å². The minimum atomic E-state index is -0.391. The molecule has 9 nitrogen and oxygen atoms in total. The number of rotatable bonds is 5. The smallest absolute Gasteiger partial charge is 0.253 e. The molecule has 2 unspecified atom stereocenters. The highest BCUT2D eigenvalue weighted by atomic mass is 16.5. The van der Waals surface area contributed by atoms with Gasteiger partial charge in [-0.2, -0.15) is 0 Å². The number of ether oxygens (including phenoxy) is 1. The number of pyridine rings is 1. The molecule has 164 valence electrons. The van der Waals surface area contributed by atoms with Crippen molar-refractivity contribution in [3.8, 4) is 0 Å². The molecule has 9 heteroatoms. The minimum absolute atomic E-state index is 0.0867. The number of likely N-dealkylation sites (tertiary alicyclic amines) is 1. The van der Waals surface area contributed by atoms with Crippen LogP contribution in [0.3, 0.4) is 0 Å². The van der Waals surface area contributed by atoms with Crippen LogP contribution in [0, 0.1) is 6.92 Å². The van der Waals surface area contributed by atoms with Gasteiger partial charge in [0.25, 0.3) is 5.56 Å². The SMILES string of the molecule is Cc1ccc2[nH]c(=O)c(C(c3nnnn3CC3CCCO3)N3CCC(O)CC3)cc2c1. The Morgan fingerprint density at radius 2 is 2.10 bits per heavy atom. The van der Waals surface area contributed by atoms with Crippen molar-refractivity contribution in [2.45, 2.75) is 57.4 Å². The molecule has 0 bridgehead atoms. The monoisotopic (exact) mass is 424 g/mol. The van der Waals surface area contributed by atoms with Crippen LogP contribution < -0.4 is 5.56 Å². The van der Waals surface area contributed by atoms with Gasteiger partial charge in [-0.15, -0.1) is 5.10 Å². The van der Waals surface area contributed by atoms with Gasteiger partial charge in [0, 0.05) is 30.8 Å². The van der Waals surface area contributed by atoms with E-state index in [0.717, 1.165) is 35.9 Å². The average Bonchev–Trinajstić information content (AvgIpc) is 3.43. The number of fused-ring (bicyclic) bond motifs is 1. The maximum absolute atomic E-state index is 13.2. The zero-order chi connectivity index (χ0) is 21.4. The number of aryl methyl sites for hydroxylation is 1. The fourth-order valence-electron chi connectivity index (χ4n) is 4.71. The van der Waals surface area contributed by atoms with E-state index in [1.54, 1.807) is 4.68 Å². The molecular formula is C22H28N6O3. The van der Waals surface area contributed by atoms with Gasteiger partial charge in [-0.05, 0) is 66.6 Å². The van der Waals surface area contributed by atoms with Crippen LogP contribution in [0.5, 0.6) is 0 Å². The van der Waals surface area contributed by atoms with E-state index < -0.39 is 6.04 Å². The van der Waals surface area contributed by atoms with Crippen LogP contribution >= 0.6 is 0 Å². The van der Waals surface area contributed by atoms with Crippen molar-refractivity contribution in [3.63, 3.8) is 0 Å². The van der Waals surface area contributed by atoms with E-state index >= 15 is 0 Å². The van der Waals surface area contributed by atoms with Crippen molar-refractivity contribution in [1.82, 2.24) is 30.1 Å². The number of aromatic nitrogens is 5. The number of H-pyrrole nitrogens is 1. The molecule has 2 aliphatic rings. The molecule has 5 rings (SSSR count). The Balaban J connectivity index is 1.59. The minimum Gasteiger partial charge on any atom is -0.393 e. The molecule has 4 heterocycles. The van der Waals surface area contributed by atoms with E-state index in [2.05, 4.69) is 31.5 Å². The lowest BCUT2D eigenvalue weighted by molar-refractivity contribution is 0.0632. The Kier molecular flexibility index (Phi) is 5.56. The van der Waals surface area contributed by atoms with Gasteiger partial charge in [0.1, 0.15) is 6.04 Å². The Morgan fingerprint density at radius 1 is 1.26 bits per heavy atom. The standard InChI is InChI=1S/C22H28N6O3/c1-14-4-5-19-15(11-14)12-18(22(30)23-19)20(27-8-6-16(29)7-9-27)21-24-25-26-28(21)13-17-3-2-10-31-17/h4-5,11-12,16-17,20,29H,2-3,6-10,13H2,1H3,(H,23,30). The quantitative estimate of drug-likeness (QED) is 0.639. The summed E-state index contributed by atoms with van der Waals surface area (Å²) in [6.45, 7) is 4.71. The predicted molar refractivity (Wildman–Crippen MR) is 115 cm³/mol. The van der Waals surface area contributed by atoms with Crippen molar-refractivity contribution >= 4 is 10.9 Å². The molecule has 31 heavy (non-hydrogen) atoms. The van der Waals surface area contributed by atoms with Crippen LogP contribution in [0.1, 0.15) is 48.7 Å². The average molecular weight is 425 g/mol. The Morgan fingerprint density at radius 3 is 2.87 bits per heavy atom. The lowest BCUT2D eigenvalue weighted by atomic mass is 9.99. The fraction of sp³-hybridized carbons (Fsp3) is 0.545. The molecule has 2 atom stereocenters. The topological polar surface area (TPSA) is 109 Å². The first-order valence-electron chi connectivity index (χ1n) is 11.0. The number of nitrogens with one attached hydrogen (secondary N) is 1. The second-order valence-electron chi connectivity index (χ2n) is 8.67. The van der Waals surface area contributed by atoms with Gasteiger partial charge in [0.15, 0.2) is 5.82 Å². The van der Waals surface area contributed by atoms with Crippen LogP contribution in [-0.2, 0) is 11.3 Å². The van der Waals surface area contributed by atoms with E-state index in [-0.39, 0.29) is 17.8 Å². The number of benzene rings is 1. The van der Waals surface area contributed by atoms with Crippen LogP contribution in [0.15, 0.2) is 29.1 Å². The van der Waals surface area contributed by atoms with Crippen LogP contribution in [0.25, 0.3) is 10.9 Å². The first kappa shape index (κ1) is 20.3. The van der Waals surface area contributed by atoms with Crippen LogP contribution in [0.2, 0.25) is 0 Å². The van der Waals surface area contributed by atoms with Crippen molar-refractivity contribution in [3.05, 3.63) is 51.6 Å². The number of nitrogens with zero attached hydrogens (tertiary/aromatic N) is 5. The highest BCUT2D eigenvalue weighted by Gasteiger charge is 2.33. The van der Waals surface area contributed by atoms with Gasteiger partial charge in [-0.25, -0.2) is 4.68 Å². The molecule has 0 amide bonds. The van der Waals surface area contributed by atoms with Crippen molar-refractivity contribution in [1.29, 1.82) is 0 Å². The summed E-state index contributed by atoms with van der Waals surface area (Å²) in [4.78, 5) is 18.4. The summed E-state index contributed by atoms with van der Waals surface area (Å²) < 4.78 is 7.57. The number of aliphatic hydroxyl groups is 1. The number of aromatic amines is 1. The summed E-state index contributed by atoms with van der Waals surface area (Å²) >= 11 is 0. The summed E-state index contributed by atoms with van der Waals surface area (Å²) in [5, 5.41) is 23.5. The summed E-state index contributed by atoms with van der Waals surface area (Å²) in [6, 6.07) is 7.56. The first-order valence-corrected chi connectivity index (χ1v) is 11.0. The maximum Gasteiger partial charge on any atom is 0.253 e. The van der Waals surface area contributed by atoms with Gasteiger partial charge >= 0.3 is 0 Å². The highest BCUT2D eigenvalue weighted by Crippen LogP contribution is 2.30. The molecule has 0 spiro atoms. The van der Waals surface area contributed by atoms with Crippen molar-refractivity contribution in [2.75, 3.05) is 19.7 Å². The van der Waals surface area contributed by atoms with Gasteiger partial charge in [0.05, 0.1) is 18.8 Å². The highest BCUT2D eigenvalue weighted by molar-refractivity contribution is 5.79. The molecule has 2 N–H and O–H groups in total. The fourth-order valence-corrected chi connectivity index (χ4v) is 4.71. The summed E-state index contributed by atoms with van der Waals surface area (Å²) in [6.07, 6.45) is 3.12. The first-order chi connectivity index (χ1) is 15.1. The second kappa shape index (κ2) is 8.49. The van der Waals surface area contributed by atoms with E-state index in [4.69, 9.17) is 4.74 Å². The predicted octanol–water partition coefficient (Wildman–Crippen LogP) is 1.55. The molecule has 2 fully saturated rings. The third kappa shape index (κ3) is 4.13. The van der Waals surface area contributed by atoms with Gasteiger partial charge in [0.2, 0.25) is 0 Å². The van der Waals surface area contributed by atoms with E-state index in [1.807, 2.05) is 25.1 Å². The third-order valence-electron chi connectivity index (χ3n) is 6.39. The maximum atomic E-state index is 13.2. The summed E-state index contributed by atoms with van der Waals surface area (Å²) in [5.41, 5.74) is 2.43. The van der Waals surface area contributed by atoms with Crippen LogP contribution in [-0.4, -0.2) is 67.1 Å². The zero-order valence-electron chi connectivity index (χ0n) is 17.7. The van der Waals surface area contributed by atoms with Gasteiger partial charge < -0.3 is 14.8 Å². The zero-order valence-corrected chi connectivity index (χ0v) is 17.7. The molecule has 0 saturated carbocycles. The lowest BCUT2D eigenvalue weighted by Gasteiger charge is -2.35. The normalized spacial score (nSPS) is 21.7. The Hall–Kier alpha value is -2.62. The summed E-state index contributed by atoms with van der Waals surface area (Å²) in [5.74, 6) is 0.643. The number of hydrogen-bond donors (Lipinski definition) is 2. The molecule has 2 aliphatic heterocycles. The molecule has 0 aliphatic carbocycles. The van der Waals surface area contributed by atoms with Gasteiger partial charge in [-0.1, -0.05) is 11.6 Å². The molecule has 1 aromatic carbocycles. The largest absolute Gasteiger partial charge is 0.393 e. The lowest BCUT2D eigenvalue weighted by Crippen LogP contribution is -2.42. The van der Waals surface area contributed by atoms with E-state index in [1.165, 1.54) is 0 Å². The van der Waals surface area contributed by atoms with Crippen molar-refractivity contribution < 1.29 is 9.84 Å². The molecule has 2 saturated heterocycles. The number of hydrogen-bond acceptors (Lipinski definition) is 7. The second-order valence-corrected chi connectivity index (χ2v) is 8.67. The summed E-state index contributed by atoms with van der Waals surface area (Å²) in [7, 11) is 0. The molecule has 0 radical (unpaired) electrons. The molecular weight excluding hydrogens is 396 g/mol.